The zero-order chi connectivity index (χ0) is 13.2. The first-order valence-electron chi connectivity index (χ1n) is 6.78. The summed E-state index contributed by atoms with van der Waals surface area (Å²) in [6.45, 7) is 7.99. The van der Waals surface area contributed by atoms with Gasteiger partial charge in [-0.1, -0.05) is 0 Å². The summed E-state index contributed by atoms with van der Waals surface area (Å²) >= 11 is 0. The van der Waals surface area contributed by atoms with E-state index in [9.17, 15) is 9.90 Å². The summed E-state index contributed by atoms with van der Waals surface area (Å²) in [5, 5.41) is 12.6. The second-order valence-corrected chi connectivity index (χ2v) is 6.13. The van der Waals surface area contributed by atoms with Crippen molar-refractivity contribution in [1.82, 2.24) is 10.2 Å². The Morgan fingerprint density at radius 1 is 1.56 bits per heavy atom. The fraction of sp³-hybridized carbons (Fsp3) is 0.923. The molecular weight excluding hydrogens is 232 g/mol. The van der Waals surface area contributed by atoms with E-state index in [0.29, 0.717) is 13.1 Å². The molecule has 0 aromatic heterocycles. The van der Waals surface area contributed by atoms with Crippen LogP contribution in [0.25, 0.3) is 0 Å². The first-order chi connectivity index (χ1) is 8.46. The Morgan fingerprint density at radius 3 is 2.94 bits per heavy atom. The van der Waals surface area contributed by atoms with E-state index >= 15 is 0 Å². The van der Waals surface area contributed by atoms with E-state index < -0.39 is 5.97 Å². The van der Waals surface area contributed by atoms with Crippen LogP contribution < -0.4 is 5.32 Å². The van der Waals surface area contributed by atoms with Crippen molar-refractivity contribution in [2.24, 2.45) is 5.92 Å². The highest BCUT2D eigenvalue weighted by atomic mass is 16.5. The molecule has 2 N–H and O–H groups in total. The second kappa shape index (κ2) is 5.55. The van der Waals surface area contributed by atoms with E-state index in [0.717, 1.165) is 32.5 Å². The van der Waals surface area contributed by atoms with Crippen LogP contribution in [0, 0.1) is 5.92 Å². The van der Waals surface area contributed by atoms with Crippen molar-refractivity contribution in [3.8, 4) is 0 Å². The number of hydrogen-bond donors (Lipinski definition) is 2. The maximum Gasteiger partial charge on any atom is 0.309 e. The third-order valence-electron chi connectivity index (χ3n) is 3.76. The molecule has 18 heavy (non-hydrogen) atoms. The van der Waals surface area contributed by atoms with Crippen molar-refractivity contribution < 1.29 is 14.6 Å². The number of carbonyl (C=O) groups is 1. The molecule has 2 fully saturated rings. The van der Waals surface area contributed by atoms with Gasteiger partial charge in [0.05, 0.1) is 12.0 Å². The van der Waals surface area contributed by atoms with Gasteiger partial charge in [0, 0.05) is 38.3 Å². The Balaban J connectivity index is 1.98. The maximum atomic E-state index is 11.2. The highest BCUT2D eigenvalue weighted by molar-refractivity contribution is 5.70. The summed E-state index contributed by atoms with van der Waals surface area (Å²) in [6.07, 6.45) is 2.51. The van der Waals surface area contributed by atoms with Crippen LogP contribution in [-0.2, 0) is 9.53 Å². The number of hydrogen-bond acceptors (Lipinski definition) is 4. The Bertz CT molecular complexity index is 301. The van der Waals surface area contributed by atoms with Crippen LogP contribution in [0.1, 0.15) is 26.7 Å². The van der Waals surface area contributed by atoms with E-state index in [-0.39, 0.29) is 17.6 Å². The van der Waals surface area contributed by atoms with E-state index in [1.165, 1.54) is 0 Å². The predicted octanol–water partition coefficient (Wildman–Crippen LogP) is 0.550. The normalized spacial score (nSPS) is 33.2. The molecule has 0 aromatic carbocycles. The van der Waals surface area contributed by atoms with E-state index in [1.54, 1.807) is 0 Å². The van der Waals surface area contributed by atoms with Crippen molar-refractivity contribution in [2.75, 3.05) is 32.8 Å². The topological polar surface area (TPSA) is 61.8 Å². The fourth-order valence-electron chi connectivity index (χ4n) is 2.84. The Morgan fingerprint density at radius 2 is 2.33 bits per heavy atom. The molecule has 2 aliphatic rings. The lowest BCUT2D eigenvalue weighted by Crippen LogP contribution is -2.47. The molecule has 0 saturated carbocycles. The van der Waals surface area contributed by atoms with E-state index in [2.05, 4.69) is 24.1 Å². The first-order valence-corrected chi connectivity index (χ1v) is 6.78. The summed E-state index contributed by atoms with van der Waals surface area (Å²) in [5.41, 5.74) is -0.0389. The van der Waals surface area contributed by atoms with Crippen LogP contribution in [0.2, 0.25) is 0 Å². The van der Waals surface area contributed by atoms with Crippen molar-refractivity contribution in [3.63, 3.8) is 0 Å². The zero-order valence-corrected chi connectivity index (χ0v) is 11.3. The Hall–Kier alpha value is -0.650. The van der Waals surface area contributed by atoms with Crippen molar-refractivity contribution in [3.05, 3.63) is 0 Å². The SMILES string of the molecule is CC1(C)CN(CC2CCCO2)CC(C(=O)O)CN1. The van der Waals surface area contributed by atoms with Crippen molar-refractivity contribution in [2.45, 2.75) is 38.3 Å². The third-order valence-corrected chi connectivity index (χ3v) is 3.76. The minimum atomic E-state index is -0.711. The van der Waals surface area contributed by atoms with Crippen LogP contribution in [0.15, 0.2) is 0 Å². The molecule has 0 aromatic rings. The van der Waals surface area contributed by atoms with Gasteiger partial charge in [-0.15, -0.1) is 0 Å². The number of ether oxygens (including phenoxy) is 1. The Labute approximate surface area is 108 Å². The van der Waals surface area contributed by atoms with Gasteiger partial charge < -0.3 is 15.2 Å². The van der Waals surface area contributed by atoms with Crippen molar-refractivity contribution >= 4 is 5.97 Å². The molecule has 0 amide bonds. The minimum Gasteiger partial charge on any atom is -0.481 e. The fourth-order valence-corrected chi connectivity index (χ4v) is 2.84. The first kappa shape index (κ1) is 13.8. The van der Waals surface area contributed by atoms with Crippen LogP contribution in [0.5, 0.6) is 0 Å². The average molecular weight is 256 g/mol. The van der Waals surface area contributed by atoms with Gasteiger partial charge in [0.2, 0.25) is 0 Å². The summed E-state index contributed by atoms with van der Waals surface area (Å²) in [4.78, 5) is 13.4. The lowest BCUT2D eigenvalue weighted by atomic mass is 10.1. The number of carboxylic acids is 1. The minimum absolute atomic E-state index is 0.0389. The van der Waals surface area contributed by atoms with Crippen LogP contribution >= 0.6 is 0 Å². The monoisotopic (exact) mass is 256 g/mol. The highest BCUT2D eigenvalue weighted by Gasteiger charge is 2.33. The Kier molecular flexibility index (Phi) is 4.25. The number of nitrogens with one attached hydrogen (secondary N) is 1. The maximum absolute atomic E-state index is 11.2. The van der Waals surface area contributed by atoms with Gasteiger partial charge in [0.1, 0.15) is 0 Å². The molecule has 0 spiro atoms. The van der Waals surface area contributed by atoms with Gasteiger partial charge in [-0.2, -0.15) is 0 Å². The summed E-state index contributed by atoms with van der Waals surface area (Å²) < 4.78 is 5.65. The van der Waals surface area contributed by atoms with E-state index in [1.807, 2.05) is 0 Å². The highest BCUT2D eigenvalue weighted by Crippen LogP contribution is 2.18. The molecular formula is C13H24N2O3. The lowest BCUT2D eigenvalue weighted by Gasteiger charge is -2.31. The van der Waals surface area contributed by atoms with Gasteiger partial charge in [-0.05, 0) is 26.7 Å². The summed E-state index contributed by atoms with van der Waals surface area (Å²) in [6, 6.07) is 0. The van der Waals surface area contributed by atoms with Crippen molar-refractivity contribution in [1.29, 1.82) is 0 Å². The molecule has 2 rings (SSSR count). The molecule has 2 heterocycles. The van der Waals surface area contributed by atoms with Gasteiger partial charge in [0.15, 0.2) is 0 Å². The smallest absolute Gasteiger partial charge is 0.309 e. The number of aliphatic carboxylic acids is 1. The van der Waals surface area contributed by atoms with Gasteiger partial charge >= 0.3 is 5.97 Å². The van der Waals surface area contributed by atoms with E-state index in [4.69, 9.17) is 4.74 Å². The number of rotatable bonds is 3. The predicted molar refractivity (Wildman–Crippen MR) is 68.6 cm³/mol. The van der Waals surface area contributed by atoms with Crippen LogP contribution in [0.3, 0.4) is 0 Å². The summed E-state index contributed by atoms with van der Waals surface area (Å²) in [7, 11) is 0. The van der Waals surface area contributed by atoms with Crippen LogP contribution in [-0.4, -0.2) is 60.4 Å². The molecule has 2 atom stereocenters. The van der Waals surface area contributed by atoms with Gasteiger partial charge in [-0.25, -0.2) is 0 Å². The van der Waals surface area contributed by atoms with Crippen LogP contribution in [0.4, 0.5) is 0 Å². The molecule has 2 aliphatic heterocycles. The quantitative estimate of drug-likeness (QED) is 0.772. The molecule has 0 radical (unpaired) electrons. The van der Waals surface area contributed by atoms with Gasteiger partial charge in [0.25, 0.3) is 0 Å². The summed E-state index contributed by atoms with van der Waals surface area (Å²) in [5.74, 6) is -1.04. The molecule has 2 saturated heterocycles. The molecule has 104 valence electrons. The number of carboxylic acid groups (broad SMARTS) is 1. The molecule has 5 heteroatoms. The largest absolute Gasteiger partial charge is 0.481 e. The third kappa shape index (κ3) is 3.67. The molecule has 2 unspecified atom stereocenters. The zero-order valence-electron chi connectivity index (χ0n) is 11.3. The van der Waals surface area contributed by atoms with Gasteiger partial charge in [-0.3, -0.25) is 9.69 Å². The second-order valence-electron chi connectivity index (χ2n) is 6.13. The molecule has 0 aliphatic carbocycles. The average Bonchev–Trinajstić information content (AvgIpc) is 2.70. The molecule has 5 nitrogen and oxygen atoms in total. The standard InChI is InChI=1S/C13H24N2O3/c1-13(2)9-15(8-11-4-3-5-18-11)7-10(6-14-13)12(16)17/h10-11,14H,3-9H2,1-2H3,(H,16,17). The molecule has 0 bridgehead atoms. The number of nitrogens with zero attached hydrogens (tertiary/aromatic N) is 1. The lowest BCUT2D eigenvalue weighted by molar-refractivity contribution is -0.142.